The van der Waals surface area contributed by atoms with Gasteiger partial charge in [-0.25, -0.2) is 9.07 Å². The van der Waals surface area contributed by atoms with Crippen molar-refractivity contribution < 1.29 is 18.7 Å². The molecule has 1 amide bonds. The second-order valence-electron chi connectivity index (χ2n) is 6.83. The Bertz CT molecular complexity index is 1060. The van der Waals surface area contributed by atoms with Crippen LogP contribution in [0.25, 0.3) is 5.69 Å². The molecule has 29 heavy (non-hydrogen) atoms. The third kappa shape index (κ3) is 3.44. The molecule has 0 aliphatic heterocycles. The molecule has 0 bridgehead atoms. The van der Waals surface area contributed by atoms with Gasteiger partial charge < -0.3 is 14.8 Å². The van der Waals surface area contributed by atoms with E-state index in [-0.39, 0.29) is 18.3 Å². The summed E-state index contributed by atoms with van der Waals surface area (Å²) in [6.45, 7) is 0.264. The van der Waals surface area contributed by atoms with E-state index in [2.05, 4.69) is 10.4 Å². The van der Waals surface area contributed by atoms with Crippen LogP contribution in [0.5, 0.6) is 11.5 Å². The minimum absolute atomic E-state index is 0.264. The maximum atomic E-state index is 14.3. The number of carbonyl (C=O) groups excluding carboxylic acids is 1. The van der Waals surface area contributed by atoms with Gasteiger partial charge in [-0.1, -0.05) is 24.3 Å². The topological polar surface area (TPSA) is 65.4 Å². The molecule has 0 radical (unpaired) electrons. The normalized spacial score (nSPS) is 12.5. The van der Waals surface area contributed by atoms with Gasteiger partial charge in [0.1, 0.15) is 11.5 Å². The third-order valence-corrected chi connectivity index (χ3v) is 5.15. The van der Waals surface area contributed by atoms with Crippen molar-refractivity contribution >= 4 is 5.91 Å². The fourth-order valence-corrected chi connectivity index (χ4v) is 3.79. The highest BCUT2D eigenvalue weighted by atomic mass is 19.1. The van der Waals surface area contributed by atoms with E-state index in [4.69, 9.17) is 9.47 Å². The Hall–Kier alpha value is -3.35. The van der Waals surface area contributed by atoms with Crippen LogP contribution in [0.1, 0.15) is 33.7 Å². The van der Waals surface area contributed by atoms with Crippen molar-refractivity contribution in [1.82, 2.24) is 15.1 Å². The second-order valence-corrected chi connectivity index (χ2v) is 6.83. The molecule has 0 atom stereocenters. The molecule has 1 aliphatic carbocycles. The van der Waals surface area contributed by atoms with Crippen molar-refractivity contribution in [3.05, 3.63) is 70.8 Å². The fourth-order valence-electron chi connectivity index (χ4n) is 3.79. The third-order valence-electron chi connectivity index (χ3n) is 5.15. The highest BCUT2D eigenvalue weighted by molar-refractivity contribution is 5.94. The average molecular weight is 395 g/mol. The first kappa shape index (κ1) is 19.0. The van der Waals surface area contributed by atoms with Gasteiger partial charge in [-0.3, -0.25) is 4.79 Å². The lowest BCUT2D eigenvalue weighted by molar-refractivity contribution is 0.0944. The number of halogens is 1. The van der Waals surface area contributed by atoms with Crippen molar-refractivity contribution in [3.8, 4) is 17.2 Å². The number of para-hydroxylation sites is 2. The average Bonchev–Trinajstić information content (AvgIpc) is 3.35. The van der Waals surface area contributed by atoms with Crippen LogP contribution < -0.4 is 14.8 Å². The Labute approximate surface area is 168 Å². The van der Waals surface area contributed by atoms with E-state index in [9.17, 15) is 9.18 Å². The van der Waals surface area contributed by atoms with Crippen LogP contribution in [0.2, 0.25) is 0 Å². The van der Waals surface area contributed by atoms with Crippen molar-refractivity contribution in [3.63, 3.8) is 0 Å². The van der Waals surface area contributed by atoms with Gasteiger partial charge in [0.2, 0.25) is 0 Å². The van der Waals surface area contributed by atoms with Crippen LogP contribution in [-0.2, 0) is 19.4 Å². The van der Waals surface area contributed by atoms with Gasteiger partial charge in [-0.15, -0.1) is 0 Å². The smallest absolute Gasteiger partial charge is 0.272 e. The maximum absolute atomic E-state index is 14.3. The zero-order valence-corrected chi connectivity index (χ0v) is 16.4. The molecule has 1 aliphatic rings. The summed E-state index contributed by atoms with van der Waals surface area (Å²) in [4.78, 5) is 12.9. The minimum Gasteiger partial charge on any atom is -0.493 e. The quantitative estimate of drug-likeness (QED) is 0.694. The zero-order valence-electron chi connectivity index (χ0n) is 16.4. The number of nitrogens with zero attached hydrogens (tertiary/aromatic N) is 2. The van der Waals surface area contributed by atoms with E-state index < -0.39 is 0 Å². The molecule has 1 aromatic heterocycles. The van der Waals surface area contributed by atoms with Gasteiger partial charge in [-0.05, 0) is 37.5 Å². The second kappa shape index (κ2) is 7.95. The standard InChI is InChI=1S/C22H22FN3O3/c1-28-19-12-5-7-14(21(19)29-2)13-24-22(27)20-15-8-6-11-17(15)26(25-20)18-10-4-3-9-16(18)23/h3-5,7,9-10,12H,6,8,11,13H2,1-2H3,(H,24,27). The van der Waals surface area contributed by atoms with E-state index in [0.717, 1.165) is 36.1 Å². The van der Waals surface area contributed by atoms with E-state index in [1.165, 1.54) is 6.07 Å². The summed E-state index contributed by atoms with van der Waals surface area (Å²) in [5, 5.41) is 7.37. The van der Waals surface area contributed by atoms with Crippen molar-refractivity contribution in [2.75, 3.05) is 14.2 Å². The van der Waals surface area contributed by atoms with Crippen molar-refractivity contribution in [2.24, 2.45) is 0 Å². The Morgan fingerprint density at radius 1 is 1.14 bits per heavy atom. The summed E-state index contributed by atoms with van der Waals surface area (Å²) in [5.74, 6) is 0.530. The molecule has 7 heteroatoms. The van der Waals surface area contributed by atoms with Crippen LogP contribution in [-0.4, -0.2) is 29.9 Å². The molecule has 0 spiro atoms. The summed E-state index contributed by atoms with van der Waals surface area (Å²) in [5.41, 5.74) is 3.30. The molecule has 0 saturated carbocycles. The van der Waals surface area contributed by atoms with Crippen LogP contribution in [0, 0.1) is 5.82 Å². The predicted octanol–water partition coefficient (Wildman–Crippen LogP) is 3.45. The van der Waals surface area contributed by atoms with Gasteiger partial charge in [0.05, 0.1) is 14.2 Å². The SMILES string of the molecule is COc1cccc(CNC(=O)c2nn(-c3ccccc3F)c3c2CCC3)c1OC. The van der Waals surface area contributed by atoms with Gasteiger partial charge in [0, 0.05) is 23.4 Å². The number of hydrogen-bond acceptors (Lipinski definition) is 4. The van der Waals surface area contributed by atoms with Gasteiger partial charge in [0.25, 0.3) is 5.91 Å². The number of amides is 1. The van der Waals surface area contributed by atoms with Gasteiger partial charge in [0.15, 0.2) is 17.2 Å². The van der Waals surface area contributed by atoms with Crippen molar-refractivity contribution in [2.45, 2.75) is 25.8 Å². The highest BCUT2D eigenvalue weighted by Gasteiger charge is 2.27. The summed E-state index contributed by atoms with van der Waals surface area (Å²) in [7, 11) is 3.13. The lowest BCUT2D eigenvalue weighted by Crippen LogP contribution is -2.24. The number of methoxy groups -OCH3 is 2. The molecular formula is C22H22FN3O3. The fraction of sp³-hybridized carbons (Fsp3) is 0.273. The first-order valence-corrected chi connectivity index (χ1v) is 9.47. The van der Waals surface area contributed by atoms with Gasteiger partial charge in [-0.2, -0.15) is 5.10 Å². The lowest BCUT2D eigenvalue weighted by Gasteiger charge is -2.13. The first-order valence-electron chi connectivity index (χ1n) is 9.47. The molecular weight excluding hydrogens is 373 g/mol. The van der Waals surface area contributed by atoms with E-state index in [1.807, 2.05) is 12.1 Å². The zero-order chi connectivity index (χ0) is 20.4. The summed E-state index contributed by atoms with van der Waals surface area (Å²) in [6, 6.07) is 12.0. The molecule has 0 unspecified atom stereocenters. The van der Waals surface area contributed by atoms with E-state index in [0.29, 0.717) is 22.9 Å². The predicted molar refractivity (Wildman–Crippen MR) is 106 cm³/mol. The van der Waals surface area contributed by atoms with Gasteiger partial charge >= 0.3 is 0 Å². The van der Waals surface area contributed by atoms with Crippen molar-refractivity contribution in [1.29, 1.82) is 0 Å². The summed E-state index contributed by atoms with van der Waals surface area (Å²) in [6.07, 6.45) is 2.45. The highest BCUT2D eigenvalue weighted by Crippen LogP contribution is 2.31. The molecule has 1 N–H and O–H groups in total. The molecule has 2 aromatic carbocycles. The van der Waals surface area contributed by atoms with E-state index >= 15 is 0 Å². The number of aromatic nitrogens is 2. The Kier molecular flexibility index (Phi) is 5.20. The largest absolute Gasteiger partial charge is 0.493 e. The molecule has 0 fully saturated rings. The number of nitrogens with one attached hydrogen (secondary N) is 1. The van der Waals surface area contributed by atoms with Crippen LogP contribution in [0.4, 0.5) is 4.39 Å². The summed E-state index contributed by atoms with van der Waals surface area (Å²) >= 11 is 0. The Balaban J connectivity index is 1.61. The molecule has 3 aromatic rings. The minimum atomic E-state index is -0.363. The van der Waals surface area contributed by atoms with Crippen LogP contribution >= 0.6 is 0 Å². The number of fused-ring (bicyclic) bond motifs is 1. The lowest BCUT2D eigenvalue weighted by atomic mass is 10.1. The molecule has 4 rings (SSSR count). The molecule has 150 valence electrons. The van der Waals surface area contributed by atoms with E-state index in [1.54, 1.807) is 43.2 Å². The first-order chi connectivity index (χ1) is 14.1. The number of ether oxygens (including phenoxy) is 2. The van der Waals surface area contributed by atoms with Crippen LogP contribution in [0.15, 0.2) is 42.5 Å². The Morgan fingerprint density at radius 3 is 2.72 bits per heavy atom. The molecule has 0 saturated heterocycles. The molecule has 6 nitrogen and oxygen atoms in total. The maximum Gasteiger partial charge on any atom is 0.272 e. The number of carbonyl (C=O) groups is 1. The summed E-state index contributed by atoms with van der Waals surface area (Å²) < 4.78 is 26.6. The number of hydrogen-bond donors (Lipinski definition) is 1. The number of rotatable bonds is 6. The monoisotopic (exact) mass is 395 g/mol. The molecule has 1 heterocycles. The van der Waals surface area contributed by atoms with Crippen LogP contribution in [0.3, 0.4) is 0 Å². The Morgan fingerprint density at radius 2 is 1.97 bits per heavy atom. The number of benzene rings is 2.